The van der Waals surface area contributed by atoms with Crippen LogP contribution < -0.4 is 0 Å². The van der Waals surface area contributed by atoms with Crippen molar-refractivity contribution in [3.63, 3.8) is 0 Å². The van der Waals surface area contributed by atoms with Crippen LogP contribution in [0.1, 0.15) is 53.8 Å². The minimum absolute atomic E-state index is 0.00364. The van der Waals surface area contributed by atoms with Crippen molar-refractivity contribution in [2.24, 2.45) is 0 Å². The van der Waals surface area contributed by atoms with E-state index in [1.54, 1.807) is 12.1 Å². The number of aliphatic hydroxyl groups excluding tert-OH is 2. The molecule has 0 saturated carbocycles. The molecule has 1 aliphatic carbocycles. The lowest BCUT2D eigenvalue weighted by molar-refractivity contribution is -0.109. The van der Waals surface area contributed by atoms with Crippen LogP contribution in [0.25, 0.3) is 0 Å². The normalized spacial score (nSPS) is 17.2. The van der Waals surface area contributed by atoms with Crippen LogP contribution in [0.5, 0.6) is 0 Å². The fraction of sp³-hybridized carbons (Fsp3) is 0.500. The van der Waals surface area contributed by atoms with Gasteiger partial charge in [0.05, 0.1) is 6.10 Å². The van der Waals surface area contributed by atoms with Crippen LogP contribution in [-0.2, 0) is 11.2 Å². The van der Waals surface area contributed by atoms with Crippen LogP contribution in [-0.4, -0.2) is 33.0 Å². The summed E-state index contributed by atoms with van der Waals surface area (Å²) in [6.45, 7) is 1.47. The summed E-state index contributed by atoms with van der Waals surface area (Å²) in [6, 6.07) is 5.33. The highest BCUT2D eigenvalue weighted by Crippen LogP contribution is 2.27. The Hall–Kier alpha value is -1.17. The van der Waals surface area contributed by atoms with Gasteiger partial charge in [-0.2, -0.15) is 0 Å². The average molecular weight is 308 g/mol. The van der Waals surface area contributed by atoms with Gasteiger partial charge in [-0.05, 0) is 36.5 Å². The van der Waals surface area contributed by atoms with E-state index < -0.39 is 12.2 Å². The summed E-state index contributed by atoms with van der Waals surface area (Å²) in [5.74, 6) is 0.573. The summed E-state index contributed by atoms with van der Waals surface area (Å²) in [6.07, 6.45) is 0.667. The van der Waals surface area contributed by atoms with E-state index in [1.165, 1.54) is 6.92 Å². The summed E-state index contributed by atoms with van der Waals surface area (Å²) < 4.78 is 0. The number of thioether (sulfide) groups is 1. The molecule has 2 atom stereocenters. The first-order valence-corrected chi connectivity index (χ1v) is 8.13. The highest BCUT2D eigenvalue weighted by Gasteiger charge is 2.22. The highest BCUT2D eigenvalue weighted by atomic mass is 32.2. The van der Waals surface area contributed by atoms with Gasteiger partial charge in [-0.15, -0.1) is 0 Å². The molecule has 1 aliphatic rings. The molecule has 1 aromatic carbocycles. The molecular formula is C16H20O4S. The Bertz CT molecular complexity index is 541. The first kappa shape index (κ1) is 16.2. The van der Waals surface area contributed by atoms with Gasteiger partial charge >= 0.3 is 0 Å². The summed E-state index contributed by atoms with van der Waals surface area (Å²) in [5, 5.41) is 20.2. The van der Waals surface area contributed by atoms with Crippen LogP contribution in [0.15, 0.2) is 18.2 Å². The van der Waals surface area contributed by atoms with Gasteiger partial charge in [-0.3, -0.25) is 9.59 Å². The molecule has 2 N–H and O–H groups in total. The van der Waals surface area contributed by atoms with E-state index in [1.807, 2.05) is 6.07 Å². The van der Waals surface area contributed by atoms with Gasteiger partial charge in [-0.25, -0.2) is 0 Å². The van der Waals surface area contributed by atoms with Crippen molar-refractivity contribution in [2.45, 2.75) is 44.8 Å². The van der Waals surface area contributed by atoms with E-state index in [0.717, 1.165) is 30.2 Å². The van der Waals surface area contributed by atoms with Crippen molar-refractivity contribution in [2.75, 3.05) is 5.75 Å². The zero-order chi connectivity index (χ0) is 15.4. The number of hydrogen-bond donors (Lipinski definition) is 2. The topological polar surface area (TPSA) is 74.6 Å². The Morgan fingerprint density at radius 1 is 1.33 bits per heavy atom. The SMILES string of the molecule is CC(=O)SCCC(O)C(O)c1ccc2c(c1)C(=O)CCC2. The second-order valence-corrected chi connectivity index (χ2v) is 6.61. The number of benzene rings is 1. The van der Waals surface area contributed by atoms with Crippen molar-refractivity contribution in [3.8, 4) is 0 Å². The molecule has 5 heteroatoms. The summed E-state index contributed by atoms with van der Waals surface area (Å²) in [5.41, 5.74) is 2.25. The van der Waals surface area contributed by atoms with E-state index in [0.29, 0.717) is 29.7 Å². The number of aliphatic hydroxyl groups is 2. The molecule has 0 radical (unpaired) electrons. The van der Waals surface area contributed by atoms with Crippen LogP contribution in [0.4, 0.5) is 0 Å². The fourth-order valence-corrected chi connectivity index (χ4v) is 3.18. The Balaban J connectivity index is 2.05. The van der Waals surface area contributed by atoms with Crippen LogP contribution in [0.3, 0.4) is 0 Å². The standard InChI is InChI=1S/C16H20O4S/c1-10(17)21-8-7-15(19)16(20)12-6-5-11-3-2-4-14(18)13(11)9-12/h5-6,9,15-16,19-20H,2-4,7-8H2,1H3. The lowest BCUT2D eigenvalue weighted by Gasteiger charge is -2.21. The maximum absolute atomic E-state index is 11.9. The Labute approximate surface area is 128 Å². The van der Waals surface area contributed by atoms with E-state index in [2.05, 4.69) is 0 Å². The molecule has 2 unspecified atom stereocenters. The van der Waals surface area contributed by atoms with Gasteiger partial charge in [0.2, 0.25) is 0 Å². The van der Waals surface area contributed by atoms with Gasteiger partial charge < -0.3 is 10.2 Å². The third-order valence-corrected chi connectivity index (χ3v) is 4.56. The molecular weight excluding hydrogens is 288 g/mol. The number of aryl methyl sites for hydroxylation is 1. The number of Topliss-reactive ketones (excluding diaryl/α,β-unsaturated/α-hetero) is 1. The largest absolute Gasteiger partial charge is 0.390 e. The van der Waals surface area contributed by atoms with Gasteiger partial charge in [0.25, 0.3) is 0 Å². The first-order valence-electron chi connectivity index (χ1n) is 7.14. The molecule has 0 aliphatic heterocycles. The van der Waals surface area contributed by atoms with Crippen molar-refractivity contribution in [1.82, 2.24) is 0 Å². The fourth-order valence-electron chi connectivity index (χ4n) is 2.53. The van der Waals surface area contributed by atoms with Crippen molar-refractivity contribution >= 4 is 22.7 Å². The minimum atomic E-state index is -1.03. The smallest absolute Gasteiger partial charge is 0.185 e. The Morgan fingerprint density at radius 3 is 2.81 bits per heavy atom. The predicted molar refractivity (Wildman–Crippen MR) is 82.4 cm³/mol. The molecule has 114 valence electrons. The molecule has 0 heterocycles. The van der Waals surface area contributed by atoms with Gasteiger partial charge in [0.15, 0.2) is 10.9 Å². The van der Waals surface area contributed by atoms with Crippen LogP contribution in [0, 0.1) is 0 Å². The minimum Gasteiger partial charge on any atom is -0.390 e. The number of fused-ring (bicyclic) bond motifs is 1. The van der Waals surface area contributed by atoms with Crippen molar-refractivity contribution in [1.29, 1.82) is 0 Å². The number of rotatable bonds is 5. The van der Waals surface area contributed by atoms with Crippen LogP contribution in [0.2, 0.25) is 0 Å². The number of carbonyl (C=O) groups excluding carboxylic acids is 2. The molecule has 2 rings (SSSR count). The van der Waals surface area contributed by atoms with Gasteiger partial charge in [-0.1, -0.05) is 23.9 Å². The van der Waals surface area contributed by atoms with Crippen molar-refractivity contribution < 1.29 is 19.8 Å². The third kappa shape index (κ3) is 4.15. The third-order valence-electron chi connectivity index (χ3n) is 3.71. The highest BCUT2D eigenvalue weighted by molar-refractivity contribution is 8.13. The lowest BCUT2D eigenvalue weighted by atomic mass is 9.88. The zero-order valence-corrected chi connectivity index (χ0v) is 12.9. The molecule has 0 amide bonds. The number of hydrogen-bond acceptors (Lipinski definition) is 5. The molecule has 4 nitrogen and oxygen atoms in total. The summed E-state index contributed by atoms with van der Waals surface area (Å²) in [4.78, 5) is 22.7. The Morgan fingerprint density at radius 2 is 2.10 bits per heavy atom. The van der Waals surface area contributed by atoms with E-state index >= 15 is 0 Å². The Kier molecular flexibility index (Phi) is 5.56. The lowest BCUT2D eigenvalue weighted by Crippen LogP contribution is -2.20. The molecule has 0 fully saturated rings. The summed E-state index contributed by atoms with van der Waals surface area (Å²) in [7, 11) is 0. The monoisotopic (exact) mass is 308 g/mol. The van der Waals surface area contributed by atoms with Crippen molar-refractivity contribution in [3.05, 3.63) is 34.9 Å². The van der Waals surface area contributed by atoms with E-state index in [9.17, 15) is 19.8 Å². The zero-order valence-electron chi connectivity index (χ0n) is 12.0. The molecule has 0 aromatic heterocycles. The molecule has 21 heavy (non-hydrogen) atoms. The quantitative estimate of drug-likeness (QED) is 0.873. The first-order chi connectivity index (χ1) is 9.99. The van der Waals surface area contributed by atoms with Gasteiger partial charge in [0.1, 0.15) is 6.10 Å². The number of ketones is 1. The molecule has 0 spiro atoms. The molecule has 0 saturated heterocycles. The van der Waals surface area contributed by atoms with E-state index in [4.69, 9.17) is 0 Å². The summed E-state index contributed by atoms with van der Waals surface area (Å²) >= 11 is 1.13. The second-order valence-electron chi connectivity index (χ2n) is 5.33. The van der Waals surface area contributed by atoms with Gasteiger partial charge in [0, 0.05) is 24.7 Å². The average Bonchev–Trinajstić information content (AvgIpc) is 2.46. The second kappa shape index (κ2) is 7.20. The van der Waals surface area contributed by atoms with Crippen LogP contribution >= 0.6 is 11.8 Å². The predicted octanol–water partition coefficient (Wildman–Crippen LogP) is 2.27. The molecule has 1 aromatic rings. The maximum atomic E-state index is 11.9. The molecule has 0 bridgehead atoms. The maximum Gasteiger partial charge on any atom is 0.185 e. The number of carbonyl (C=O) groups is 2. The van der Waals surface area contributed by atoms with E-state index in [-0.39, 0.29) is 10.9 Å².